The molecule has 14 N–H and O–H groups in total. The highest BCUT2D eigenvalue weighted by molar-refractivity contribution is 5.76. The second-order valence-electron chi connectivity index (χ2n) is 14.0. The molecular formula is C31H52N2O22. The number of carbonyl (C=O) groups is 3. The van der Waals surface area contributed by atoms with Crippen molar-refractivity contribution in [3.8, 4) is 0 Å². The first-order valence-electron chi connectivity index (χ1n) is 17.5. The second-order valence-corrected chi connectivity index (χ2v) is 14.0. The minimum absolute atomic E-state index is 0.00825. The lowest BCUT2D eigenvalue weighted by Gasteiger charge is -2.51. The van der Waals surface area contributed by atoms with Crippen LogP contribution in [0.25, 0.3) is 0 Å². The van der Waals surface area contributed by atoms with Crippen LogP contribution in [0.5, 0.6) is 0 Å². The zero-order valence-corrected chi connectivity index (χ0v) is 30.0. The van der Waals surface area contributed by atoms with E-state index in [4.69, 9.17) is 33.2 Å². The van der Waals surface area contributed by atoms with Crippen molar-refractivity contribution in [3.63, 3.8) is 0 Å². The lowest BCUT2D eigenvalue weighted by Crippen LogP contribution is -2.71. The van der Waals surface area contributed by atoms with Crippen LogP contribution in [0.4, 0.5) is 0 Å². The minimum Gasteiger partial charge on any atom is -0.477 e. The van der Waals surface area contributed by atoms with Crippen LogP contribution in [-0.4, -0.2) is 221 Å². The van der Waals surface area contributed by atoms with E-state index in [9.17, 15) is 75.7 Å². The SMILES string of the molecule is CC(=O)N[C@H]1[C@H]([C@H](O)[C@H](O)CO)O[C@@](O[C@H]2[C@@H](O)[C@@H](CO)O[C@@H](O[C@H]3[C@H](O[C@@H]4O[C@@H](C)C[C@@H](O)[C@@H]4O)[C@@H](NC(C)=O)C(O)O[C@@H]3CO)[C@@H]2O)(C(=O)O)C[C@@H]1O. The van der Waals surface area contributed by atoms with E-state index in [0.29, 0.717) is 0 Å². The van der Waals surface area contributed by atoms with Crippen LogP contribution in [0, 0.1) is 0 Å². The quantitative estimate of drug-likeness (QED) is 0.0775. The average Bonchev–Trinajstić information content (AvgIpc) is 3.11. The van der Waals surface area contributed by atoms with Crippen LogP contribution in [-0.2, 0) is 47.5 Å². The number of aliphatic carboxylic acids is 1. The number of carboxylic acids is 1. The number of carbonyl (C=O) groups excluding carboxylic acids is 2. The molecule has 4 heterocycles. The van der Waals surface area contributed by atoms with E-state index < -0.39 is 166 Å². The second kappa shape index (κ2) is 19.0. The van der Waals surface area contributed by atoms with Gasteiger partial charge in [0.1, 0.15) is 73.2 Å². The Morgan fingerprint density at radius 3 is 1.91 bits per heavy atom. The highest BCUT2D eigenvalue weighted by atomic mass is 16.8. The molecule has 4 rings (SSSR count). The predicted molar refractivity (Wildman–Crippen MR) is 171 cm³/mol. The van der Waals surface area contributed by atoms with Crippen LogP contribution in [0.2, 0.25) is 0 Å². The molecule has 1 unspecified atom stereocenters. The van der Waals surface area contributed by atoms with Crippen molar-refractivity contribution in [2.45, 2.75) is 156 Å². The molecule has 24 nitrogen and oxygen atoms in total. The molecule has 0 aromatic rings. The number of aliphatic hydroxyl groups is 11. The fourth-order valence-corrected chi connectivity index (χ4v) is 7.00. The molecule has 4 aliphatic heterocycles. The van der Waals surface area contributed by atoms with Crippen LogP contribution in [0.15, 0.2) is 0 Å². The normalized spacial score (nSPS) is 44.9. The molecule has 20 atom stereocenters. The lowest BCUT2D eigenvalue weighted by atomic mass is 9.88. The van der Waals surface area contributed by atoms with Gasteiger partial charge < -0.3 is 105 Å². The Morgan fingerprint density at radius 1 is 0.764 bits per heavy atom. The van der Waals surface area contributed by atoms with Crippen LogP contribution in [0.1, 0.15) is 33.6 Å². The molecule has 318 valence electrons. The van der Waals surface area contributed by atoms with Crippen molar-refractivity contribution in [1.29, 1.82) is 0 Å². The van der Waals surface area contributed by atoms with Crippen LogP contribution < -0.4 is 10.6 Å². The van der Waals surface area contributed by atoms with E-state index in [1.807, 2.05) is 0 Å². The Kier molecular flexibility index (Phi) is 15.7. The Labute approximate surface area is 313 Å². The molecular weight excluding hydrogens is 752 g/mol. The fraction of sp³-hybridized carbons (Fsp3) is 0.903. The lowest BCUT2D eigenvalue weighted by molar-refractivity contribution is -0.388. The van der Waals surface area contributed by atoms with E-state index >= 15 is 0 Å². The fourth-order valence-electron chi connectivity index (χ4n) is 7.00. The number of hydrogen-bond donors (Lipinski definition) is 14. The summed E-state index contributed by atoms with van der Waals surface area (Å²) in [6.07, 6.45) is -31.6. The largest absolute Gasteiger partial charge is 0.477 e. The number of amides is 2. The van der Waals surface area contributed by atoms with Gasteiger partial charge in [-0.1, -0.05) is 0 Å². The third kappa shape index (κ3) is 10.1. The van der Waals surface area contributed by atoms with Crippen LogP contribution in [0.3, 0.4) is 0 Å². The van der Waals surface area contributed by atoms with Gasteiger partial charge in [0.25, 0.3) is 5.79 Å². The number of rotatable bonds is 14. The van der Waals surface area contributed by atoms with Crippen molar-refractivity contribution in [2.24, 2.45) is 0 Å². The number of hydrogen-bond acceptors (Lipinski definition) is 21. The monoisotopic (exact) mass is 804 g/mol. The first kappa shape index (κ1) is 45.4. The van der Waals surface area contributed by atoms with Crippen molar-refractivity contribution < 1.29 is 109 Å². The molecule has 2 amide bonds. The number of nitrogens with one attached hydrogen (secondary N) is 2. The number of aliphatic hydroxyl groups excluding tert-OH is 11. The molecule has 0 radical (unpaired) electrons. The molecule has 0 aliphatic carbocycles. The number of ether oxygens (including phenoxy) is 7. The third-order valence-electron chi connectivity index (χ3n) is 9.75. The van der Waals surface area contributed by atoms with E-state index in [1.54, 1.807) is 6.92 Å². The smallest absolute Gasteiger partial charge is 0.364 e. The summed E-state index contributed by atoms with van der Waals surface area (Å²) in [5.74, 6) is -6.59. The molecule has 55 heavy (non-hydrogen) atoms. The van der Waals surface area contributed by atoms with Gasteiger partial charge in [-0.25, -0.2) is 4.79 Å². The Bertz CT molecular complexity index is 1300. The molecule has 0 aromatic heterocycles. The first-order chi connectivity index (χ1) is 25.8. The zero-order chi connectivity index (χ0) is 41.1. The summed E-state index contributed by atoms with van der Waals surface area (Å²) in [6.45, 7) is 0.635. The highest BCUT2D eigenvalue weighted by Gasteiger charge is 2.60. The summed E-state index contributed by atoms with van der Waals surface area (Å²) in [6, 6.07) is -3.14. The Balaban J connectivity index is 1.70. The summed E-state index contributed by atoms with van der Waals surface area (Å²) in [7, 11) is 0. The average molecular weight is 805 g/mol. The number of carboxylic acid groups (broad SMARTS) is 1. The van der Waals surface area contributed by atoms with Gasteiger partial charge >= 0.3 is 5.97 Å². The maximum Gasteiger partial charge on any atom is 0.364 e. The molecule has 0 bridgehead atoms. The van der Waals surface area contributed by atoms with Gasteiger partial charge in [0, 0.05) is 26.7 Å². The van der Waals surface area contributed by atoms with E-state index in [-0.39, 0.29) is 6.42 Å². The summed E-state index contributed by atoms with van der Waals surface area (Å²) >= 11 is 0. The van der Waals surface area contributed by atoms with Gasteiger partial charge in [0.15, 0.2) is 18.9 Å². The summed E-state index contributed by atoms with van der Waals surface area (Å²) in [4.78, 5) is 37.0. The molecule has 0 aromatic carbocycles. The molecule has 4 fully saturated rings. The molecule has 4 saturated heterocycles. The van der Waals surface area contributed by atoms with Crippen molar-refractivity contribution in [1.82, 2.24) is 10.6 Å². The first-order valence-corrected chi connectivity index (χ1v) is 17.5. The maximum absolute atomic E-state index is 12.9. The van der Waals surface area contributed by atoms with Gasteiger partial charge in [-0.2, -0.15) is 0 Å². The molecule has 4 aliphatic rings. The minimum atomic E-state index is -3.09. The van der Waals surface area contributed by atoms with Gasteiger partial charge in [-0.05, 0) is 6.92 Å². The Hall–Kier alpha value is -2.31. The van der Waals surface area contributed by atoms with E-state index in [1.165, 1.54) is 0 Å². The summed E-state index contributed by atoms with van der Waals surface area (Å²) in [5, 5.41) is 131. The van der Waals surface area contributed by atoms with E-state index in [2.05, 4.69) is 10.6 Å². The van der Waals surface area contributed by atoms with Gasteiger partial charge in [0.05, 0.1) is 44.2 Å². The van der Waals surface area contributed by atoms with Crippen molar-refractivity contribution >= 4 is 17.8 Å². The van der Waals surface area contributed by atoms with Gasteiger partial charge in [-0.15, -0.1) is 0 Å². The standard InChI is InChI=1S/C31H52N2O22/c1-9-4-12(39)20(43)28(49-9)53-25-18(33-11(3)38)27(46)50-16(8-36)23(25)52-29-22(45)26(21(44)15(7-35)51-29)55-31(30(47)48)5-13(40)17(32-10(2)37)24(54-31)19(42)14(41)6-34/h9,12-29,34-36,39-46H,4-8H2,1-3H3,(H,32,37)(H,33,38)(H,47,48)/t9-,12+,13-,14+,15+,16+,17+,18+,19+,20-,21-,22+,23+,24+,25+,26-,27?,28-,29-,31-/m0/s1. The van der Waals surface area contributed by atoms with Crippen molar-refractivity contribution in [3.05, 3.63) is 0 Å². The van der Waals surface area contributed by atoms with Gasteiger partial charge in [0.2, 0.25) is 11.8 Å². The molecule has 24 heteroatoms. The summed E-state index contributed by atoms with van der Waals surface area (Å²) in [5.41, 5.74) is 0. The third-order valence-corrected chi connectivity index (χ3v) is 9.75. The van der Waals surface area contributed by atoms with Crippen LogP contribution >= 0.6 is 0 Å². The predicted octanol–water partition coefficient (Wildman–Crippen LogP) is -8.20. The Morgan fingerprint density at radius 2 is 1.35 bits per heavy atom. The summed E-state index contributed by atoms with van der Waals surface area (Å²) < 4.78 is 40.0. The van der Waals surface area contributed by atoms with Crippen molar-refractivity contribution in [2.75, 3.05) is 19.8 Å². The molecule has 0 saturated carbocycles. The topological polar surface area (TPSA) is 383 Å². The molecule has 0 spiro atoms. The highest BCUT2D eigenvalue weighted by Crippen LogP contribution is 2.39. The zero-order valence-electron chi connectivity index (χ0n) is 30.0. The van der Waals surface area contributed by atoms with Gasteiger partial charge in [-0.3, -0.25) is 9.59 Å². The maximum atomic E-state index is 12.9. The van der Waals surface area contributed by atoms with E-state index in [0.717, 1.165) is 13.8 Å².